The van der Waals surface area contributed by atoms with Crippen molar-refractivity contribution in [3.8, 4) is 0 Å². The molecule has 0 aromatic heterocycles. The quantitative estimate of drug-likeness (QED) is 0.473. The fraction of sp³-hybridized carbons (Fsp3) is 0.833. The third kappa shape index (κ3) is 0.920. The van der Waals surface area contributed by atoms with Crippen LogP contribution in [0.15, 0.2) is 0 Å². The molecule has 0 radical (unpaired) electrons. The molecule has 0 atom stereocenters. The Morgan fingerprint density at radius 1 is 1.67 bits per heavy atom. The number of carbonyl (C=O) groups excluding carboxylic acids is 1. The highest BCUT2D eigenvalue weighted by molar-refractivity contribution is 5.77. The Morgan fingerprint density at radius 2 is 2.22 bits per heavy atom. The van der Waals surface area contributed by atoms with Crippen molar-refractivity contribution < 1.29 is 10.6 Å². The van der Waals surface area contributed by atoms with Crippen LogP contribution in [0.1, 0.15) is 26.7 Å². The minimum absolute atomic E-state index is 0.00289. The van der Waals surface area contributed by atoms with Gasteiger partial charge in [0.15, 0.2) is 0 Å². The number of hydrogen-bond donors (Lipinski definition) is 1. The van der Waals surface area contributed by atoms with Crippen LogP contribution in [0.3, 0.4) is 0 Å². The first-order chi connectivity index (χ1) is 4.04. The van der Waals surface area contributed by atoms with E-state index in [4.69, 9.17) is 0 Å². The van der Waals surface area contributed by atoms with E-state index < -0.39 is 0 Å². The van der Waals surface area contributed by atoms with E-state index in [0.717, 1.165) is 6.42 Å². The molecule has 0 aromatic carbocycles. The van der Waals surface area contributed by atoms with Gasteiger partial charge >= 0.3 is 0 Å². The van der Waals surface area contributed by atoms with Gasteiger partial charge in [0.1, 0.15) is 0 Å². The van der Waals surface area contributed by atoms with Crippen LogP contribution in [0.25, 0.3) is 0 Å². The first-order valence-electron chi connectivity index (χ1n) is 3.17. The van der Waals surface area contributed by atoms with Gasteiger partial charge in [-0.15, -0.1) is 0 Å². The second kappa shape index (κ2) is 1.70. The maximum atomic E-state index is 10.9. The Morgan fingerprint density at radius 3 is 2.33 bits per heavy atom. The number of amides is 1. The maximum absolute atomic E-state index is 10.9. The standard InChI is InChI=1S/C6H12N2O/c1-6(2)4-3-5(9)8(6)7/h3-4,7H2,1-2H3/p+1. The molecule has 1 amide bonds. The highest BCUT2D eigenvalue weighted by atomic mass is 16.2. The molecule has 9 heavy (non-hydrogen) atoms. The molecule has 0 saturated carbocycles. The molecule has 1 aliphatic heterocycles. The zero-order valence-corrected chi connectivity index (χ0v) is 5.98. The Bertz CT molecular complexity index is 142. The number of quaternary nitrogens is 1. The number of nitrogens with zero attached hydrogens (tertiary/aromatic N) is 1. The second-order valence-electron chi connectivity index (χ2n) is 3.13. The Kier molecular flexibility index (Phi) is 1.24. The van der Waals surface area contributed by atoms with Gasteiger partial charge in [-0.1, -0.05) is 0 Å². The molecule has 0 bridgehead atoms. The fourth-order valence-electron chi connectivity index (χ4n) is 1.02. The van der Waals surface area contributed by atoms with E-state index in [0.29, 0.717) is 6.42 Å². The summed E-state index contributed by atoms with van der Waals surface area (Å²) in [6, 6.07) is 0. The van der Waals surface area contributed by atoms with E-state index in [1.165, 1.54) is 0 Å². The zero-order chi connectivity index (χ0) is 7.07. The summed E-state index contributed by atoms with van der Waals surface area (Å²) in [7, 11) is 0. The van der Waals surface area contributed by atoms with Gasteiger partial charge in [-0.2, -0.15) is 5.01 Å². The van der Waals surface area contributed by atoms with Crippen molar-refractivity contribution in [1.82, 2.24) is 5.01 Å². The molecule has 1 rings (SSSR count). The monoisotopic (exact) mass is 129 g/mol. The van der Waals surface area contributed by atoms with Crippen molar-refractivity contribution in [2.45, 2.75) is 32.2 Å². The van der Waals surface area contributed by atoms with E-state index in [2.05, 4.69) is 5.84 Å². The predicted molar refractivity (Wildman–Crippen MR) is 33.0 cm³/mol. The Balaban J connectivity index is 2.73. The molecule has 3 nitrogen and oxygen atoms in total. The van der Waals surface area contributed by atoms with E-state index in [1.807, 2.05) is 13.8 Å². The average molecular weight is 129 g/mol. The van der Waals surface area contributed by atoms with Crippen molar-refractivity contribution in [2.75, 3.05) is 0 Å². The van der Waals surface area contributed by atoms with Gasteiger partial charge in [-0.3, -0.25) is 10.6 Å². The maximum Gasteiger partial charge on any atom is 0.268 e. The summed E-state index contributed by atoms with van der Waals surface area (Å²) in [5.41, 5.74) is -0.00289. The van der Waals surface area contributed by atoms with Crippen LogP contribution in [0.5, 0.6) is 0 Å². The largest absolute Gasteiger partial charge is 0.270 e. The summed E-state index contributed by atoms with van der Waals surface area (Å²) in [6.45, 7) is 4.07. The van der Waals surface area contributed by atoms with Gasteiger partial charge in [-0.25, -0.2) is 0 Å². The predicted octanol–water partition coefficient (Wildman–Crippen LogP) is -0.456. The molecule has 1 saturated heterocycles. The van der Waals surface area contributed by atoms with Gasteiger partial charge in [0.2, 0.25) is 0 Å². The third-order valence-corrected chi connectivity index (χ3v) is 1.98. The van der Waals surface area contributed by atoms with Crippen LogP contribution in [0, 0.1) is 0 Å². The molecule has 1 fully saturated rings. The molecule has 0 aromatic rings. The lowest BCUT2D eigenvalue weighted by molar-refractivity contribution is -0.568. The summed E-state index contributed by atoms with van der Waals surface area (Å²) in [6.07, 6.45) is 1.60. The first kappa shape index (κ1) is 6.55. The summed E-state index contributed by atoms with van der Waals surface area (Å²) < 4.78 is 0. The lowest BCUT2D eigenvalue weighted by Crippen LogP contribution is -2.73. The lowest BCUT2D eigenvalue weighted by atomic mass is 10.0. The normalized spacial score (nSPS) is 25.2. The second-order valence-corrected chi connectivity index (χ2v) is 3.13. The number of hydrogen-bond acceptors (Lipinski definition) is 1. The van der Waals surface area contributed by atoms with Crippen molar-refractivity contribution in [2.24, 2.45) is 0 Å². The Hall–Kier alpha value is -0.570. The fourth-order valence-corrected chi connectivity index (χ4v) is 1.02. The van der Waals surface area contributed by atoms with E-state index in [-0.39, 0.29) is 11.4 Å². The SMILES string of the molecule is CC1(C)CCC(=O)N1[NH3+]. The minimum Gasteiger partial charge on any atom is -0.270 e. The van der Waals surface area contributed by atoms with Crippen LogP contribution in [0.4, 0.5) is 0 Å². The van der Waals surface area contributed by atoms with Crippen LogP contribution in [0.2, 0.25) is 0 Å². The summed E-state index contributed by atoms with van der Waals surface area (Å²) in [5, 5.41) is 1.58. The molecule has 0 unspecified atom stereocenters. The highest BCUT2D eigenvalue weighted by Crippen LogP contribution is 2.24. The van der Waals surface area contributed by atoms with Crippen LogP contribution < -0.4 is 5.84 Å². The van der Waals surface area contributed by atoms with E-state index >= 15 is 0 Å². The molecular weight excluding hydrogens is 116 g/mol. The molecular formula is C6H13N2O+. The molecule has 1 aliphatic rings. The van der Waals surface area contributed by atoms with Gasteiger partial charge in [0.05, 0.1) is 5.54 Å². The summed E-state index contributed by atoms with van der Waals surface area (Å²) >= 11 is 0. The number of rotatable bonds is 0. The smallest absolute Gasteiger partial charge is 0.268 e. The van der Waals surface area contributed by atoms with Crippen LogP contribution in [-0.2, 0) is 4.79 Å². The minimum atomic E-state index is -0.00289. The summed E-state index contributed by atoms with van der Waals surface area (Å²) in [5.74, 6) is 3.82. The molecule has 0 spiro atoms. The summed E-state index contributed by atoms with van der Waals surface area (Å²) in [4.78, 5) is 10.9. The zero-order valence-electron chi connectivity index (χ0n) is 5.98. The molecule has 52 valence electrons. The lowest BCUT2D eigenvalue weighted by Gasteiger charge is -2.22. The Labute approximate surface area is 54.8 Å². The number of carbonyl (C=O) groups is 1. The first-order valence-corrected chi connectivity index (χ1v) is 3.17. The molecule has 3 heteroatoms. The van der Waals surface area contributed by atoms with Crippen molar-refractivity contribution in [3.05, 3.63) is 0 Å². The van der Waals surface area contributed by atoms with Gasteiger partial charge < -0.3 is 0 Å². The average Bonchev–Trinajstić information content (AvgIpc) is 1.97. The topological polar surface area (TPSA) is 48.0 Å². The van der Waals surface area contributed by atoms with E-state index in [9.17, 15) is 4.79 Å². The highest BCUT2D eigenvalue weighted by Gasteiger charge is 2.38. The van der Waals surface area contributed by atoms with Crippen LogP contribution in [-0.4, -0.2) is 16.5 Å². The van der Waals surface area contributed by atoms with Crippen molar-refractivity contribution >= 4 is 5.91 Å². The van der Waals surface area contributed by atoms with Crippen molar-refractivity contribution in [1.29, 1.82) is 0 Å². The third-order valence-electron chi connectivity index (χ3n) is 1.98. The van der Waals surface area contributed by atoms with E-state index in [1.54, 1.807) is 5.01 Å². The van der Waals surface area contributed by atoms with Crippen molar-refractivity contribution in [3.63, 3.8) is 0 Å². The molecule has 1 heterocycles. The molecule has 0 aliphatic carbocycles. The van der Waals surface area contributed by atoms with Crippen LogP contribution >= 0.6 is 0 Å². The van der Waals surface area contributed by atoms with Gasteiger partial charge in [0.25, 0.3) is 5.91 Å². The molecule has 3 N–H and O–H groups in total. The van der Waals surface area contributed by atoms with Gasteiger partial charge in [0, 0.05) is 6.42 Å². The van der Waals surface area contributed by atoms with Gasteiger partial charge in [-0.05, 0) is 20.3 Å².